The highest BCUT2D eigenvalue weighted by Crippen LogP contribution is 2.39. The van der Waals surface area contributed by atoms with E-state index in [1.54, 1.807) is 0 Å². The molecule has 0 saturated heterocycles. The standard InChI is InChI=1S/C13H13N/c1-9-2-3-11-8-14-13(10-4-5-10)7-12(11)6-9/h2-3,6-8,10H,4-5H2,1H3. The molecule has 0 unspecified atom stereocenters. The summed E-state index contributed by atoms with van der Waals surface area (Å²) in [5.74, 6) is 0.750. The second-order valence-corrected chi connectivity index (χ2v) is 4.23. The molecule has 1 heteroatoms. The Balaban J connectivity index is 2.20. The second-order valence-electron chi connectivity index (χ2n) is 4.23. The highest BCUT2D eigenvalue weighted by atomic mass is 14.7. The Morgan fingerprint density at radius 1 is 1.14 bits per heavy atom. The Labute approximate surface area is 83.8 Å². The molecular weight excluding hydrogens is 170 g/mol. The summed E-state index contributed by atoms with van der Waals surface area (Å²) in [4.78, 5) is 4.50. The topological polar surface area (TPSA) is 12.9 Å². The third-order valence-electron chi connectivity index (χ3n) is 2.89. The van der Waals surface area contributed by atoms with Crippen LogP contribution in [0.1, 0.15) is 30.0 Å². The van der Waals surface area contributed by atoms with Gasteiger partial charge in [-0.2, -0.15) is 0 Å². The zero-order valence-corrected chi connectivity index (χ0v) is 8.33. The first-order valence-electron chi connectivity index (χ1n) is 5.19. The predicted molar refractivity (Wildman–Crippen MR) is 58.5 cm³/mol. The number of aromatic nitrogens is 1. The molecular formula is C13H13N. The summed E-state index contributed by atoms with van der Waals surface area (Å²) < 4.78 is 0. The molecule has 1 fully saturated rings. The van der Waals surface area contributed by atoms with Gasteiger partial charge in [0.05, 0.1) is 0 Å². The number of aryl methyl sites for hydroxylation is 1. The van der Waals surface area contributed by atoms with E-state index in [1.807, 2.05) is 6.20 Å². The molecule has 0 amide bonds. The first-order valence-corrected chi connectivity index (χ1v) is 5.19. The van der Waals surface area contributed by atoms with E-state index < -0.39 is 0 Å². The van der Waals surface area contributed by atoms with Gasteiger partial charge in [0.25, 0.3) is 0 Å². The fourth-order valence-corrected chi connectivity index (χ4v) is 1.88. The third kappa shape index (κ3) is 1.29. The van der Waals surface area contributed by atoms with Crippen LogP contribution >= 0.6 is 0 Å². The van der Waals surface area contributed by atoms with Crippen molar-refractivity contribution in [2.75, 3.05) is 0 Å². The average Bonchev–Trinajstić information content (AvgIpc) is 3.00. The van der Waals surface area contributed by atoms with Gasteiger partial charge in [0.2, 0.25) is 0 Å². The SMILES string of the molecule is Cc1ccc2cnc(C3CC3)cc2c1. The van der Waals surface area contributed by atoms with Crippen LogP contribution in [0.4, 0.5) is 0 Å². The number of hydrogen-bond acceptors (Lipinski definition) is 1. The van der Waals surface area contributed by atoms with Crippen LogP contribution < -0.4 is 0 Å². The number of fused-ring (bicyclic) bond motifs is 1. The lowest BCUT2D eigenvalue weighted by Gasteiger charge is -2.02. The molecule has 3 rings (SSSR count). The summed E-state index contributed by atoms with van der Waals surface area (Å²) >= 11 is 0. The molecule has 0 radical (unpaired) electrons. The molecule has 0 atom stereocenters. The van der Waals surface area contributed by atoms with Crippen molar-refractivity contribution in [3.8, 4) is 0 Å². The first kappa shape index (κ1) is 7.98. The Bertz CT molecular complexity index is 484. The van der Waals surface area contributed by atoms with Crippen molar-refractivity contribution in [1.29, 1.82) is 0 Å². The van der Waals surface area contributed by atoms with Crippen molar-refractivity contribution in [3.63, 3.8) is 0 Å². The molecule has 1 aromatic carbocycles. The van der Waals surface area contributed by atoms with Gasteiger partial charge in [-0.1, -0.05) is 23.8 Å². The maximum Gasteiger partial charge on any atom is 0.0440 e. The minimum Gasteiger partial charge on any atom is -0.260 e. The molecule has 70 valence electrons. The molecule has 0 aliphatic heterocycles. The second kappa shape index (κ2) is 2.81. The van der Waals surface area contributed by atoms with E-state index in [-0.39, 0.29) is 0 Å². The largest absolute Gasteiger partial charge is 0.260 e. The fourth-order valence-electron chi connectivity index (χ4n) is 1.88. The molecule has 1 aliphatic carbocycles. The van der Waals surface area contributed by atoms with Crippen LogP contribution in [0.25, 0.3) is 10.8 Å². The van der Waals surface area contributed by atoms with Crippen molar-refractivity contribution in [1.82, 2.24) is 4.98 Å². The monoisotopic (exact) mass is 183 g/mol. The van der Waals surface area contributed by atoms with E-state index in [2.05, 4.69) is 36.2 Å². The Morgan fingerprint density at radius 3 is 2.79 bits per heavy atom. The maximum absolute atomic E-state index is 4.50. The van der Waals surface area contributed by atoms with Gasteiger partial charge >= 0.3 is 0 Å². The number of rotatable bonds is 1. The van der Waals surface area contributed by atoms with Crippen LogP contribution in [0.15, 0.2) is 30.5 Å². The summed E-state index contributed by atoms with van der Waals surface area (Å²) in [5, 5.41) is 2.59. The number of nitrogens with zero attached hydrogens (tertiary/aromatic N) is 1. The summed E-state index contributed by atoms with van der Waals surface area (Å²) in [5.41, 5.74) is 2.61. The third-order valence-corrected chi connectivity index (χ3v) is 2.89. The van der Waals surface area contributed by atoms with Crippen molar-refractivity contribution in [2.45, 2.75) is 25.7 Å². The lowest BCUT2D eigenvalue weighted by molar-refractivity contribution is 1.03. The molecule has 1 aliphatic rings. The summed E-state index contributed by atoms with van der Waals surface area (Å²) in [6, 6.07) is 8.78. The lowest BCUT2D eigenvalue weighted by atomic mass is 10.1. The molecule has 0 N–H and O–H groups in total. The normalized spacial score (nSPS) is 16.1. The van der Waals surface area contributed by atoms with E-state index in [4.69, 9.17) is 0 Å². The molecule has 0 spiro atoms. The molecule has 14 heavy (non-hydrogen) atoms. The van der Waals surface area contributed by atoms with Crippen LogP contribution in [-0.4, -0.2) is 4.98 Å². The maximum atomic E-state index is 4.50. The molecule has 1 nitrogen and oxygen atoms in total. The minimum absolute atomic E-state index is 0.750. The minimum atomic E-state index is 0.750. The van der Waals surface area contributed by atoms with Gasteiger partial charge in [-0.05, 0) is 31.2 Å². The average molecular weight is 183 g/mol. The van der Waals surface area contributed by atoms with Crippen molar-refractivity contribution in [2.24, 2.45) is 0 Å². The molecule has 1 saturated carbocycles. The zero-order valence-electron chi connectivity index (χ0n) is 8.33. The Hall–Kier alpha value is -1.37. The van der Waals surface area contributed by atoms with Gasteiger partial charge in [-0.3, -0.25) is 4.98 Å². The number of hydrogen-bond donors (Lipinski definition) is 0. The number of benzene rings is 1. The van der Waals surface area contributed by atoms with E-state index in [0.29, 0.717) is 0 Å². The van der Waals surface area contributed by atoms with E-state index >= 15 is 0 Å². The summed E-state index contributed by atoms with van der Waals surface area (Å²) in [6.07, 6.45) is 4.65. The molecule has 2 aromatic rings. The van der Waals surface area contributed by atoms with Crippen molar-refractivity contribution < 1.29 is 0 Å². The van der Waals surface area contributed by atoms with E-state index in [0.717, 1.165) is 5.92 Å². The van der Waals surface area contributed by atoms with Gasteiger partial charge < -0.3 is 0 Å². The lowest BCUT2D eigenvalue weighted by Crippen LogP contribution is -1.86. The Morgan fingerprint density at radius 2 is 2.00 bits per heavy atom. The van der Waals surface area contributed by atoms with Crippen molar-refractivity contribution >= 4 is 10.8 Å². The van der Waals surface area contributed by atoms with Gasteiger partial charge in [-0.25, -0.2) is 0 Å². The predicted octanol–water partition coefficient (Wildman–Crippen LogP) is 3.42. The fraction of sp³-hybridized carbons (Fsp3) is 0.308. The van der Waals surface area contributed by atoms with Crippen molar-refractivity contribution in [3.05, 3.63) is 41.7 Å². The number of pyridine rings is 1. The smallest absolute Gasteiger partial charge is 0.0440 e. The Kier molecular flexibility index (Phi) is 1.60. The van der Waals surface area contributed by atoms with Gasteiger partial charge in [0.1, 0.15) is 0 Å². The first-order chi connectivity index (χ1) is 6.83. The quantitative estimate of drug-likeness (QED) is 0.660. The van der Waals surface area contributed by atoms with Crippen LogP contribution in [0.3, 0.4) is 0 Å². The van der Waals surface area contributed by atoms with Crippen LogP contribution in [0.2, 0.25) is 0 Å². The molecule has 0 bridgehead atoms. The summed E-state index contributed by atoms with van der Waals surface area (Å²) in [7, 11) is 0. The molecule has 1 heterocycles. The highest BCUT2D eigenvalue weighted by molar-refractivity contribution is 5.82. The zero-order chi connectivity index (χ0) is 9.54. The van der Waals surface area contributed by atoms with Crippen LogP contribution in [0, 0.1) is 6.92 Å². The van der Waals surface area contributed by atoms with Crippen LogP contribution in [0.5, 0.6) is 0 Å². The highest BCUT2D eigenvalue weighted by Gasteiger charge is 2.24. The van der Waals surface area contributed by atoms with Crippen LogP contribution in [-0.2, 0) is 0 Å². The molecule has 1 aromatic heterocycles. The van der Waals surface area contributed by atoms with Gasteiger partial charge in [0, 0.05) is 23.2 Å². The van der Waals surface area contributed by atoms with Gasteiger partial charge in [0.15, 0.2) is 0 Å². The summed E-state index contributed by atoms with van der Waals surface area (Å²) in [6.45, 7) is 2.14. The van der Waals surface area contributed by atoms with Gasteiger partial charge in [-0.15, -0.1) is 0 Å². The van der Waals surface area contributed by atoms with E-state index in [1.165, 1.54) is 34.9 Å². The van der Waals surface area contributed by atoms with E-state index in [9.17, 15) is 0 Å².